The Morgan fingerprint density at radius 2 is 1.90 bits per heavy atom. The van der Waals surface area contributed by atoms with Crippen LogP contribution in [-0.2, 0) is 6.54 Å². The quantitative estimate of drug-likeness (QED) is 0.592. The molecule has 4 rings (SSSR count). The zero-order chi connectivity index (χ0) is 21.3. The number of halogens is 2. The van der Waals surface area contributed by atoms with E-state index in [2.05, 4.69) is 10.3 Å². The van der Waals surface area contributed by atoms with Crippen molar-refractivity contribution < 1.29 is 9.59 Å². The molecule has 3 aromatic rings. The van der Waals surface area contributed by atoms with Crippen LogP contribution in [0.3, 0.4) is 0 Å². The summed E-state index contributed by atoms with van der Waals surface area (Å²) in [6.07, 6.45) is 4.07. The maximum absolute atomic E-state index is 12.6. The lowest BCUT2D eigenvalue weighted by Gasteiger charge is -2.06. The van der Waals surface area contributed by atoms with Crippen LogP contribution in [0, 0.1) is 6.92 Å². The molecular weight excluding hydrogens is 441 g/mol. The number of nitrogens with one attached hydrogen (secondary N) is 1. The van der Waals surface area contributed by atoms with Crippen molar-refractivity contribution in [1.29, 1.82) is 0 Å². The zero-order valence-electron chi connectivity index (χ0n) is 16.2. The average Bonchev–Trinajstić information content (AvgIpc) is 3.44. The van der Waals surface area contributed by atoms with E-state index in [1.165, 1.54) is 17.4 Å². The zero-order valence-corrected chi connectivity index (χ0v) is 18.5. The minimum atomic E-state index is -0.417. The minimum absolute atomic E-state index is 0.0378. The normalized spacial score (nSPS) is 14.0. The van der Waals surface area contributed by atoms with Crippen molar-refractivity contribution in [2.75, 3.05) is 0 Å². The summed E-state index contributed by atoms with van der Waals surface area (Å²) in [6, 6.07) is 12.5. The Labute approximate surface area is 188 Å². The van der Waals surface area contributed by atoms with Crippen molar-refractivity contribution in [3.8, 4) is 0 Å². The fraction of sp³-hybridized carbons (Fsp3) is 0.227. The van der Waals surface area contributed by atoms with E-state index >= 15 is 0 Å². The molecule has 1 heterocycles. The third-order valence-corrected chi connectivity index (χ3v) is 6.16. The van der Waals surface area contributed by atoms with Crippen LogP contribution in [0.2, 0.25) is 10.0 Å². The van der Waals surface area contributed by atoms with E-state index in [-0.39, 0.29) is 10.9 Å². The lowest BCUT2D eigenvalue weighted by Crippen LogP contribution is -2.25. The molecule has 0 spiro atoms. The molecule has 0 saturated heterocycles. The number of hydrogen-bond acceptors (Lipinski definition) is 3. The summed E-state index contributed by atoms with van der Waals surface area (Å²) in [6.45, 7) is 2.50. The first-order chi connectivity index (χ1) is 14.4. The van der Waals surface area contributed by atoms with Gasteiger partial charge in [0.1, 0.15) is 0 Å². The Kier molecular flexibility index (Phi) is 6.09. The summed E-state index contributed by atoms with van der Waals surface area (Å²) >= 11 is 13.5. The van der Waals surface area contributed by atoms with Crippen molar-refractivity contribution in [3.63, 3.8) is 0 Å². The first kappa shape index (κ1) is 20.8. The summed E-state index contributed by atoms with van der Waals surface area (Å²) in [4.78, 5) is 30.7. The van der Waals surface area contributed by atoms with E-state index < -0.39 is 5.91 Å². The van der Waals surface area contributed by atoms with Gasteiger partial charge in [0, 0.05) is 34.2 Å². The fourth-order valence-corrected chi connectivity index (χ4v) is 4.29. The van der Waals surface area contributed by atoms with Gasteiger partial charge in [-0.05, 0) is 55.7 Å². The third kappa shape index (κ3) is 5.01. The van der Waals surface area contributed by atoms with Gasteiger partial charge in [-0.3, -0.25) is 9.59 Å². The Morgan fingerprint density at radius 1 is 1.17 bits per heavy atom. The van der Waals surface area contributed by atoms with Crippen LogP contribution >= 0.6 is 34.5 Å². The lowest BCUT2D eigenvalue weighted by molar-refractivity contribution is 0.0949. The van der Waals surface area contributed by atoms with E-state index in [0.29, 0.717) is 33.5 Å². The van der Waals surface area contributed by atoms with E-state index in [1.807, 2.05) is 42.0 Å². The monoisotopic (exact) mass is 459 g/mol. The number of aromatic nitrogens is 1. The molecule has 1 fully saturated rings. The van der Waals surface area contributed by atoms with Gasteiger partial charge in [-0.15, -0.1) is 11.3 Å². The highest BCUT2D eigenvalue weighted by Crippen LogP contribution is 2.22. The number of aryl methyl sites for hydroxylation is 1. The van der Waals surface area contributed by atoms with Gasteiger partial charge in [-0.25, -0.2) is 0 Å². The fourth-order valence-electron chi connectivity index (χ4n) is 2.97. The van der Waals surface area contributed by atoms with Crippen LogP contribution in [0.1, 0.15) is 44.0 Å². The number of benzene rings is 2. The Bertz CT molecular complexity index is 1180. The number of rotatable bonds is 5. The summed E-state index contributed by atoms with van der Waals surface area (Å²) in [5.74, 6) is -0.455. The highest BCUT2D eigenvalue weighted by Gasteiger charge is 2.23. The van der Waals surface area contributed by atoms with Gasteiger partial charge in [0.2, 0.25) is 0 Å². The van der Waals surface area contributed by atoms with Gasteiger partial charge >= 0.3 is 0 Å². The lowest BCUT2D eigenvalue weighted by atomic mass is 10.1. The Hall–Kier alpha value is -2.41. The van der Waals surface area contributed by atoms with Gasteiger partial charge < -0.3 is 9.88 Å². The molecular formula is C22H19Cl2N3O2S. The molecule has 1 saturated carbocycles. The van der Waals surface area contributed by atoms with Gasteiger partial charge in [-0.2, -0.15) is 4.99 Å². The van der Waals surface area contributed by atoms with E-state index in [9.17, 15) is 9.59 Å². The first-order valence-electron chi connectivity index (χ1n) is 9.50. The largest absolute Gasteiger partial charge is 0.349 e. The number of thiazole rings is 1. The summed E-state index contributed by atoms with van der Waals surface area (Å²) in [5.41, 5.74) is 1.97. The molecule has 5 nitrogen and oxygen atoms in total. The number of amides is 2. The summed E-state index contributed by atoms with van der Waals surface area (Å²) in [7, 11) is 0. The smallest absolute Gasteiger partial charge is 0.281 e. The van der Waals surface area contributed by atoms with E-state index in [0.717, 1.165) is 23.3 Å². The number of nitrogens with zero attached hydrogens (tertiary/aromatic N) is 2. The summed E-state index contributed by atoms with van der Waals surface area (Å²) in [5, 5.41) is 3.72. The van der Waals surface area contributed by atoms with Gasteiger partial charge in [0.15, 0.2) is 4.80 Å². The first-order valence-corrected chi connectivity index (χ1v) is 11.1. The molecule has 2 aromatic carbocycles. The molecule has 1 aliphatic carbocycles. The second kappa shape index (κ2) is 8.76. The molecule has 0 radical (unpaired) electrons. The summed E-state index contributed by atoms with van der Waals surface area (Å²) < 4.78 is 1.92. The second-order valence-corrected chi connectivity index (χ2v) is 9.29. The third-order valence-electron chi connectivity index (χ3n) is 4.68. The van der Waals surface area contributed by atoms with Gasteiger partial charge in [-0.1, -0.05) is 35.3 Å². The molecule has 1 N–H and O–H groups in total. The maximum atomic E-state index is 12.6. The molecule has 154 valence electrons. The van der Waals surface area contributed by atoms with Crippen molar-refractivity contribution in [3.05, 3.63) is 85.1 Å². The maximum Gasteiger partial charge on any atom is 0.281 e. The highest BCUT2D eigenvalue weighted by atomic mass is 35.5. The topological polar surface area (TPSA) is 63.5 Å². The van der Waals surface area contributed by atoms with Crippen LogP contribution in [0.5, 0.6) is 0 Å². The molecule has 1 aliphatic rings. The molecule has 1 aromatic heterocycles. The van der Waals surface area contributed by atoms with Gasteiger partial charge in [0.25, 0.3) is 11.8 Å². The molecule has 0 aliphatic heterocycles. The van der Waals surface area contributed by atoms with Crippen molar-refractivity contribution >= 4 is 46.4 Å². The molecule has 8 heteroatoms. The van der Waals surface area contributed by atoms with Crippen LogP contribution in [0.4, 0.5) is 0 Å². The van der Waals surface area contributed by atoms with E-state index in [1.54, 1.807) is 12.1 Å². The van der Waals surface area contributed by atoms with Crippen molar-refractivity contribution in [2.24, 2.45) is 4.99 Å². The minimum Gasteiger partial charge on any atom is -0.349 e. The van der Waals surface area contributed by atoms with Crippen LogP contribution < -0.4 is 10.1 Å². The average molecular weight is 460 g/mol. The standard InChI is InChI=1S/C22H19Cl2N3O2S/c1-13-11-27(12-14-2-4-15(5-3-14)20(28)25-17-7-8-17)22(30-13)26-21(29)18-9-6-16(23)10-19(18)24/h2-6,9-11,17H,7-8,12H2,1H3,(H,25,28). The number of carbonyl (C=O) groups is 2. The highest BCUT2D eigenvalue weighted by molar-refractivity contribution is 7.09. The number of hydrogen-bond donors (Lipinski definition) is 1. The van der Waals surface area contributed by atoms with Crippen LogP contribution in [0.15, 0.2) is 53.7 Å². The molecule has 0 bridgehead atoms. The molecule has 0 unspecified atom stereocenters. The Balaban J connectivity index is 1.55. The van der Waals surface area contributed by atoms with Crippen LogP contribution in [0.25, 0.3) is 0 Å². The van der Waals surface area contributed by atoms with E-state index in [4.69, 9.17) is 23.2 Å². The van der Waals surface area contributed by atoms with Crippen LogP contribution in [-0.4, -0.2) is 22.4 Å². The number of carbonyl (C=O) groups excluding carboxylic acids is 2. The Morgan fingerprint density at radius 3 is 2.57 bits per heavy atom. The van der Waals surface area contributed by atoms with Crippen molar-refractivity contribution in [2.45, 2.75) is 32.4 Å². The van der Waals surface area contributed by atoms with Crippen molar-refractivity contribution in [1.82, 2.24) is 9.88 Å². The molecule has 0 atom stereocenters. The predicted octanol–water partition coefficient (Wildman–Crippen LogP) is 4.85. The predicted molar refractivity (Wildman–Crippen MR) is 119 cm³/mol. The SMILES string of the molecule is Cc1cn(Cc2ccc(C(=O)NC3CC3)cc2)c(=NC(=O)c2ccc(Cl)cc2Cl)s1. The second-order valence-electron chi connectivity index (χ2n) is 7.24. The molecule has 2 amide bonds. The molecule has 30 heavy (non-hydrogen) atoms. The van der Waals surface area contributed by atoms with Gasteiger partial charge in [0.05, 0.1) is 10.6 Å².